The molecule has 0 spiro atoms. The van der Waals surface area contributed by atoms with Crippen LogP contribution in [0.3, 0.4) is 0 Å². The van der Waals surface area contributed by atoms with Crippen LogP contribution in [0, 0.1) is 10.1 Å². The molecule has 9 nitrogen and oxygen atoms in total. The summed E-state index contributed by atoms with van der Waals surface area (Å²) in [5.41, 5.74) is 0.921. The Morgan fingerprint density at radius 2 is 1.83 bits per heavy atom. The maximum Gasteiger partial charge on any atom is 0.453 e. The minimum atomic E-state index is -4.64. The van der Waals surface area contributed by atoms with Crippen molar-refractivity contribution < 1.29 is 18.1 Å². The van der Waals surface area contributed by atoms with Crippen LogP contribution in [0.1, 0.15) is 11.4 Å². The van der Waals surface area contributed by atoms with Crippen molar-refractivity contribution in [2.75, 3.05) is 31.1 Å². The fraction of sp³-hybridized carbons (Fsp3) is 0.353. The standard InChI is InChI=1S/C17H16F3N7O2/c18-17(19,20)16-22-21-14-4-5-15(23-26(14)16)25-8-6-24(7-9-25)11-12-2-1-3-13(10-12)27(28)29/h1-5,10H,6-9,11H2. The molecule has 1 aliphatic heterocycles. The van der Waals surface area contributed by atoms with Crippen LogP contribution in [0.4, 0.5) is 24.7 Å². The Balaban J connectivity index is 1.44. The zero-order chi connectivity index (χ0) is 20.6. The zero-order valence-electron chi connectivity index (χ0n) is 15.1. The first kappa shape index (κ1) is 19.1. The Morgan fingerprint density at radius 3 is 2.52 bits per heavy atom. The van der Waals surface area contributed by atoms with E-state index < -0.39 is 16.9 Å². The van der Waals surface area contributed by atoms with E-state index >= 15 is 0 Å². The van der Waals surface area contributed by atoms with Gasteiger partial charge in [-0.1, -0.05) is 12.1 Å². The minimum Gasteiger partial charge on any atom is -0.353 e. The Bertz CT molecular complexity index is 1040. The third-order valence-electron chi connectivity index (χ3n) is 4.73. The second-order valence-electron chi connectivity index (χ2n) is 6.67. The number of piperazine rings is 1. The smallest absolute Gasteiger partial charge is 0.353 e. The summed E-state index contributed by atoms with van der Waals surface area (Å²) < 4.78 is 39.8. The van der Waals surface area contributed by atoms with E-state index in [0.29, 0.717) is 43.1 Å². The van der Waals surface area contributed by atoms with E-state index in [1.807, 2.05) is 11.0 Å². The summed E-state index contributed by atoms with van der Waals surface area (Å²) in [7, 11) is 0. The highest BCUT2D eigenvalue weighted by atomic mass is 19.4. The quantitative estimate of drug-likeness (QED) is 0.484. The van der Waals surface area contributed by atoms with Gasteiger partial charge in [-0.2, -0.15) is 17.7 Å². The zero-order valence-corrected chi connectivity index (χ0v) is 15.1. The van der Waals surface area contributed by atoms with E-state index in [4.69, 9.17) is 0 Å². The summed E-state index contributed by atoms with van der Waals surface area (Å²) in [6, 6.07) is 9.57. The topological polar surface area (TPSA) is 92.7 Å². The summed E-state index contributed by atoms with van der Waals surface area (Å²) in [5.74, 6) is -0.739. The average molecular weight is 407 g/mol. The molecule has 0 radical (unpaired) electrons. The summed E-state index contributed by atoms with van der Waals surface area (Å²) in [6.07, 6.45) is -4.64. The molecule has 1 aromatic carbocycles. The van der Waals surface area contributed by atoms with Crippen molar-refractivity contribution in [2.24, 2.45) is 0 Å². The van der Waals surface area contributed by atoms with Crippen LogP contribution in [0.2, 0.25) is 0 Å². The normalized spacial score (nSPS) is 15.8. The van der Waals surface area contributed by atoms with Crippen LogP contribution in [0.5, 0.6) is 0 Å². The highest BCUT2D eigenvalue weighted by molar-refractivity contribution is 5.46. The second kappa shape index (κ2) is 7.28. The molecule has 29 heavy (non-hydrogen) atoms. The third kappa shape index (κ3) is 3.97. The molecule has 1 aliphatic rings. The lowest BCUT2D eigenvalue weighted by Crippen LogP contribution is -2.46. The summed E-state index contributed by atoms with van der Waals surface area (Å²) in [6.45, 7) is 2.99. The van der Waals surface area contributed by atoms with Crippen molar-refractivity contribution >= 4 is 17.2 Å². The molecule has 0 N–H and O–H groups in total. The van der Waals surface area contributed by atoms with E-state index in [2.05, 4.69) is 20.2 Å². The van der Waals surface area contributed by atoms with Crippen molar-refractivity contribution in [1.29, 1.82) is 0 Å². The van der Waals surface area contributed by atoms with Gasteiger partial charge in [-0.3, -0.25) is 15.0 Å². The van der Waals surface area contributed by atoms with Crippen LogP contribution in [-0.2, 0) is 12.7 Å². The number of fused-ring (bicyclic) bond motifs is 1. The molecule has 3 aromatic rings. The molecule has 1 fully saturated rings. The predicted octanol–water partition coefficient (Wildman–Crippen LogP) is 2.37. The van der Waals surface area contributed by atoms with E-state index in [9.17, 15) is 23.3 Å². The maximum atomic E-state index is 13.0. The van der Waals surface area contributed by atoms with Gasteiger partial charge in [0.15, 0.2) is 5.65 Å². The number of anilines is 1. The number of hydrogen-bond donors (Lipinski definition) is 0. The van der Waals surface area contributed by atoms with Crippen molar-refractivity contribution in [2.45, 2.75) is 12.7 Å². The molecule has 12 heteroatoms. The van der Waals surface area contributed by atoms with Crippen molar-refractivity contribution in [3.63, 3.8) is 0 Å². The van der Waals surface area contributed by atoms with Crippen LogP contribution in [0.25, 0.3) is 5.65 Å². The van der Waals surface area contributed by atoms with E-state index in [1.165, 1.54) is 12.1 Å². The van der Waals surface area contributed by atoms with Crippen LogP contribution >= 0.6 is 0 Å². The molecular formula is C17H16F3N7O2. The molecule has 152 valence electrons. The third-order valence-corrected chi connectivity index (χ3v) is 4.73. The van der Waals surface area contributed by atoms with E-state index in [1.54, 1.807) is 18.2 Å². The number of aromatic nitrogens is 4. The van der Waals surface area contributed by atoms with Crippen LogP contribution in [-0.4, -0.2) is 55.8 Å². The summed E-state index contributed by atoms with van der Waals surface area (Å²) >= 11 is 0. The first-order valence-corrected chi connectivity index (χ1v) is 8.81. The SMILES string of the molecule is O=[N+]([O-])c1cccc(CN2CCN(c3ccc4nnc(C(F)(F)F)n4n3)CC2)c1. The number of halogens is 3. The number of nitro groups is 1. The van der Waals surface area contributed by atoms with Gasteiger partial charge < -0.3 is 4.90 Å². The molecule has 0 atom stereocenters. The van der Waals surface area contributed by atoms with Crippen LogP contribution < -0.4 is 4.90 Å². The van der Waals surface area contributed by atoms with Gasteiger partial charge in [0.25, 0.3) is 11.5 Å². The van der Waals surface area contributed by atoms with Gasteiger partial charge in [0.2, 0.25) is 0 Å². The fourth-order valence-corrected chi connectivity index (χ4v) is 3.29. The van der Waals surface area contributed by atoms with Crippen molar-refractivity contribution in [3.05, 3.63) is 57.9 Å². The Kier molecular flexibility index (Phi) is 4.78. The van der Waals surface area contributed by atoms with Gasteiger partial charge in [-0.05, 0) is 17.7 Å². The molecule has 3 heterocycles. The number of rotatable bonds is 4. The number of nitrogens with zero attached hydrogens (tertiary/aromatic N) is 7. The molecule has 0 amide bonds. The molecule has 0 unspecified atom stereocenters. The minimum absolute atomic E-state index is 0.0328. The number of alkyl halides is 3. The highest BCUT2D eigenvalue weighted by Crippen LogP contribution is 2.28. The van der Waals surface area contributed by atoms with Crippen molar-refractivity contribution in [3.8, 4) is 0 Å². The first-order valence-electron chi connectivity index (χ1n) is 8.81. The second-order valence-corrected chi connectivity index (χ2v) is 6.67. The van der Waals surface area contributed by atoms with Gasteiger partial charge in [-0.15, -0.1) is 15.3 Å². The lowest BCUT2D eigenvalue weighted by molar-refractivity contribution is -0.384. The number of non-ortho nitro benzene ring substituents is 1. The fourth-order valence-electron chi connectivity index (χ4n) is 3.29. The van der Waals surface area contributed by atoms with E-state index in [-0.39, 0.29) is 11.3 Å². The molecule has 2 aromatic heterocycles. The first-order chi connectivity index (χ1) is 13.8. The maximum absolute atomic E-state index is 13.0. The molecule has 4 rings (SSSR count). The molecule has 1 saturated heterocycles. The summed E-state index contributed by atoms with van der Waals surface area (Å²) in [4.78, 5) is 14.5. The van der Waals surface area contributed by atoms with Gasteiger partial charge in [0.1, 0.15) is 5.82 Å². The number of benzene rings is 1. The molecule has 0 bridgehead atoms. The molecule has 0 aliphatic carbocycles. The van der Waals surface area contributed by atoms with Crippen molar-refractivity contribution in [1.82, 2.24) is 24.7 Å². The summed E-state index contributed by atoms with van der Waals surface area (Å²) in [5, 5.41) is 21.7. The predicted molar refractivity (Wildman–Crippen MR) is 96.4 cm³/mol. The monoisotopic (exact) mass is 407 g/mol. The van der Waals surface area contributed by atoms with Gasteiger partial charge in [-0.25, -0.2) is 0 Å². The Hall–Kier alpha value is -3.28. The molecular weight excluding hydrogens is 391 g/mol. The van der Waals surface area contributed by atoms with Gasteiger partial charge >= 0.3 is 6.18 Å². The number of nitro benzene ring substituents is 1. The highest BCUT2D eigenvalue weighted by Gasteiger charge is 2.37. The van der Waals surface area contributed by atoms with Gasteiger partial charge in [0.05, 0.1) is 4.92 Å². The van der Waals surface area contributed by atoms with Gasteiger partial charge in [0, 0.05) is 44.9 Å². The largest absolute Gasteiger partial charge is 0.453 e. The number of hydrogen-bond acceptors (Lipinski definition) is 7. The molecule has 0 saturated carbocycles. The lowest BCUT2D eigenvalue weighted by atomic mass is 10.1. The van der Waals surface area contributed by atoms with Crippen LogP contribution in [0.15, 0.2) is 36.4 Å². The Morgan fingerprint density at radius 1 is 1.07 bits per heavy atom. The lowest BCUT2D eigenvalue weighted by Gasteiger charge is -2.35. The Labute approximate surface area is 162 Å². The average Bonchev–Trinajstić information content (AvgIpc) is 3.12. The van der Waals surface area contributed by atoms with E-state index in [0.717, 1.165) is 5.56 Å².